The second-order valence-corrected chi connectivity index (χ2v) is 3.61. The van der Waals surface area contributed by atoms with Crippen LogP contribution in [0.15, 0.2) is 18.2 Å². The SMILES string of the molecule is Cc1ccc(F)c(CN[C@H](C)CN)c1. The minimum atomic E-state index is -0.160. The summed E-state index contributed by atoms with van der Waals surface area (Å²) in [5, 5.41) is 3.15. The number of rotatable bonds is 4. The van der Waals surface area contributed by atoms with Crippen LogP contribution in [0.25, 0.3) is 0 Å². The highest BCUT2D eigenvalue weighted by molar-refractivity contribution is 5.23. The van der Waals surface area contributed by atoms with Crippen molar-refractivity contribution in [1.29, 1.82) is 0 Å². The van der Waals surface area contributed by atoms with Crippen molar-refractivity contribution in [2.45, 2.75) is 26.4 Å². The Kier molecular flexibility index (Phi) is 4.04. The number of nitrogens with one attached hydrogen (secondary N) is 1. The molecular weight excluding hydrogens is 179 g/mol. The maximum atomic E-state index is 13.3. The van der Waals surface area contributed by atoms with Crippen molar-refractivity contribution in [2.24, 2.45) is 5.73 Å². The summed E-state index contributed by atoms with van der Waals surface area (Å²) in [6.07, 6.45) is 0. The fraction of sp³-hybridized carbons (Fsp3) is 0.455. The Hall–Kier alpha value is -0.930. The fourth-order valence-corrected chi connectivity index (χ4v) is 1.21. The van der Waals surface area contributed by atoms with Gasteiger partial charge in [0.25, 0.3) is 0 Å². The molecule has 0 amide bonds. The van der Waals surface area contributed by atoms with Gasteiger partial charge in [-0.15, -0.1) is 0 Å². The van der Waals surface area contributed by atoms with E-state index >= 15 is 0 Å². The van der Waals surface area contributed by atoms with Gasteiger partial charge in [0.05, 0.1) is 0 Å². The van der Waals surface area contributed by atoms with Crippen LogP contribution in [0.3, 0.4) is 0 Å². The van der Waals surface area contributed by atoms with Crippen LogP contribution < -0.4 is 11.1 Å². The lowest BCUT2D eigenvalue weighted by Gasteiger charge is -2.11. The Morgan fingerprint density at radius 1 is 1.50 bits per heavy atom. The summed E-state index contributed by atoms with van der Waals surface area (Å²) in [6, 6.07) is 5.34. The van der Waals surface area contributed by atoms with Gasteiger partial charge < -0.3 is 11.1 Å². The maximum Gasteiger partial charge on any atom is 0.127 e. The number of hydrogen-bond donors (Lipinski definition) is 2. The van der Waals surface area contributed by atoms with E-state index in [9.17, 15) is 4.39 Å². The largest absolute Gasteiger partial charge is 0.329 e. The molecule has 0 aliphatic heterocycles. The molecule has 0 aliphatic rings. The molecule has 0 heterocycles. The summed E-state index contributed by atoms with van der Waals surface area (Å²) >= 11 is 0. The van der Waals surface area contributed by atoms with Crippen molar-refractivity contribution in [2.75, 3.05) is 6.54 Å². The molecule has 3 N–H and O–H groups in total. The Bertz CT molecular complexity index is 299. The Morgan fingerprint density at radius 2 is 2.21 bits per heavy atom. The van der Waals surface area contributed by atoms with Crippen LogP contribution in [0, 0.1) is 12.7 Å². The predicted molar refractivity (Wildman–Crippen MR) is 56.5 cm³/mol. The monoisotopic (exact) mass is 196 g/mol. The van der Waals surface area contributed by atoms with Crippen molar-refractivity contribution in [3.8, 4) is 0 Å². The summed E-state index contributed by atoms with van der Waals surface area (Å²) in [7, 11) is 0. The first kappa shape index (κ1) is 11.1. The van der Waals surface area contributed by atoms with Crippen LogP contribution in [0.1, 0.15) is 18.1 Å². The quantitative estimate of drug-likeness (QED) is 0.767. The number of aryl methyl sites for hydroxylation is 1. The molecule has 0 fully saturated rings. The number of halogens is 1. The third kappa shape index (κ3) is 3.09. The zero-order valence-electron chi connectivity index (χ0n) is 8.68. The van der Waals surface area contributed by atoms with E-state index < -0.39 is 0 Å². The number of benzene rings is 1. The standard InChI is InChI=1S/C11H17FN2/c1-8-3-4-11(12)10(5-8)7-14-9(2)6-13/h3-5,9,14H,6-7,13H2,1-2H3/t9-/m1/s1. The molecule has 1 aromatic carbocycles. The molecule has 0 saturated heterocycles. The second-order valence-electron chi connectivity index (χ2n) is 3.61. The number of nitrogens with two attached hydrogens (primary N) is 1. The van der Waals surface area contributed by atoms with Crippen LogP contribution in [0.2, 0.25) is 0 Å². The molecule has 3 heteroatoms. The molecule has 0 aliphatic carbocycles. The molecule has 0 aromatic heterocycles. The molecule has 0 saturated carbocycles. The van der Waals surface area contributed by atoms with E-state index in [1.807, 2.05) is 19.9 Å². The summed E-state index contributed by atoms with van der Waals surface area (Å²) in [5.41, 5.74) is 7.22. The zero-order chi connectivity index (χ0) is 10.6. The third-order valence-electron chi connectivity index (χ3n) is 2.20. The average Bonchev–Trinajstić information content (AvgIpc) is 2.19. The summed E-state index contributed by atoms with van der Waals surface area (Å²) in [4.78, 5) is 0. The first-order valence-electron chi connectivity index (χ1n) is 4.82. The lowest BCUT2D eigenvalue weighted by atomic mass is 10.1. The minimum Gasteiger partial charge on any atom is -0.329 e. The van der Waals surface area contributed by atoms with E-state index in [4.69, 9.17) is 5.73 Å². The second kappa shape index (κ2) is 5.08. The molecule has 0 radical (unpaired) electrons. The molecule has 0 unspecified atom stereocenters. The van der Waals surface area contributed by atoms with E-state index in [1.54, 1.807) is 6.07 Å². The van der Waals surface area contributed by atoms with Gasteiger partial charge in [-0.05, 0) is 19.9 Å². The van der Waals surface area contributed by atoms with E-state index in [-0.39, 0.29) is 11.9 Å². The van der Waals surface area contributed by atoms with Gasteiger partial charge in [-0.1, -0.05) is 17.7 Å². The van der Waals surface area contributed by atoms with Crippen molar-refractivity contribution in [3.63, 3.8) is 0 Å². The molecule has 2 nitrogen and oxygen atoms in total. The average molecular weight is 196 g/mol. The topological polar surface area (TPSA) is 38.0 Å². The molecule has 0 bridgehead atoms. The van der Waals surface area contributed by atoms with Crippen LogP contribution in [0.5, 0.6) is 0 Å². The van der Waals surface area contributed by atoms with Gasteiger partial charge in [0, 0.05) is 24.7 Å². The summed E-state index contributed by atoms with van der Waals surface area (Å²) in [5.74, 6) is -0.160. The van der Waals surface area contributed by atoms with Crippen molar-refractivity contribution in [3.05, 3.63) is 35.1 Å². The van der Waals surface area contributed by atoms with E-state index in [2.05, 4.69) is 5.32 Å². The fourth-order valence-electron chi connectivity index (χ4n) is 1.21. The van der Waals surface area contributed by atoms with Gasteiger partial charge in [0.15, 0.2) is 0 Å². The van der Waals surface area contributed by atoms with E-state index in [0.717, 1.165) is 5.56 Å². The maximum absolute atomic E-state index is 13.3. The van der Waals surface area contributed by atoms with Gasteiger partial charge in [-0.25, -0.2) is 4.39 Å². The Balaban J connectivity index is 2.62. The smallest absolute Gasteiger partial charge is 0.127 e. The highest BCUT2D eigenvalue weighted by Crippen LogP contribution is 2.09. The normalized spacial score (nSPS) is 12.9. The van der Waals surface area contributed by atoms with E-state index in [1.165, 1.54) is 6.07 Å². The molecule has 0 spiro atoms. The molecule has 1 rings (SSSR count). The van der Waals surface area contributed by atoms with Crippen LogP contribution >= 0.6 is 0 Å². The molecule has 1 atom stereocenters. The Morgan fingerprint density at radius 3 is 2.86 bits per heavy atom. The van der Waals surface area contributed by atoms with Crippen LogP contribution in [-0.4, -0.2) is 12.6 Å². The molecule has 1 aromatic rings. The highest BCUT2D eigenvalue weighted by Gasteiger charge is 2.03. The van der Waals surface area contributed by atoms with Crippen molar-refractivity contribution < 1.29 is 4.39 Å². The lowest BCUT2D eigenvalue weighted by molar-refractivity contribution is 0.533. The van der Waals surface area contributed by atoms with Gasteiger partial charge in [-0.2, -0.15) is 0 Å². The summed E-state index contributed by atoms with van der Waals surface area (Å²) < 4.78 is 13.3. The van der Waals surface area contributed by atoms with Crippen LogP contribution in [-0.2, 0) is 6.54 Å². The first-order valence-corrected chi connectivity index (χ1v) is 4.82. The van der Waals surface area contributed by atoms with Gasteiger partial charge >= 0.3 is 0 Å². The zero-order valence-corrected chi connectivity index (χ0v) is 8.68. The van der Waals surface area contributed by atoms with Crippen LogP contribution in [0.4, 0.5) is 4.39 Å². The van der Waals surface area contributed by atoms with Crippen molar-refractivity contribution in [1.82, 2.24) is 5.32 Å². The molecule has 14 heavy (non-hydrogen) atoms. The third-order valence-corrected chi connectivity index (χ3v) is 2.20. The van der Waals surface area contributed by atoms with Crippen molar-refractivity contribution >= 4 is 0 Å². The first-order chi connectivity index (χ1) is 6.63. The minimum absolute atomic E-state index is 0.160. The Labute approximate surface area is 84.3 Å². The number of hydrogen-bond acceptors (Lipinski definition) is 2. The molecule has 78 valence electrons. The lowest BCUT2D eigenvalue weighted by Crippen LogP contribution is -2.32. The molecular formula is C11H17FN2. The predicted octanol–water partition coefficient (Wildman–Crippen LogP) is 1.57. The summed E-state index contributed by atoms with van der Waals surface area (Å²) in [6.45, 7) is 5.03. The van der Waals surface area contributed by atoms with Gasteiger partial charge in [-0.3, -0.25) is 0 Å². The van der Waals surface area contributed by atoms with Gasteiger partial charge in [0.1, 0.15) is 5.82 Å². The highest BCUT2D eigenvalue weighted by atomic mass is 19.1. The van der Waals surface area contributed by atoms with E-state index in [0.29, 0.717) is 18.7 Å². The van der Waals surface area contributed by atoms with Gasteiger partial charge in [0.2, 0.25) is 0 Å².